The number of thiophene rings is 1. The molecule has 3 rings (SSSR count). The van der Waals surface area contributed by atoms with Gasteiger partial charge in [0.15, 0.2) is 0 Å². The zero-order valence-electron chi connectivity index (χ0n) is 17.8. The van der Waals surface area contributed by atoms with Crippen molar-refractivity contribution in [3.63, 3.8) is 0 Å². The van der Waals surface area contributed by atoms with Gasteiger partial charge in [-0.05, 0) is 67.1 Å². The number of sulfonamides is 1. The molecule has 32 heavy (non-hydrogen) atoms. The summed E-state index contributed by atoms with van der Waals surface area (Å²) in [6, 6.07) is 15.7. The van der Waals surface area contributed by atoms with Crippen LogP contribution in [0, 0.1) is 6.92 Å². The van der Waals surface area contributed by atoms with E-state index in [0.29, 0.717) is 29.0 Å². The molecule has 7 nitrogen and oxygen atoms in total. The van der Waals surface area contributed by atoms with Crippen molar-refractivity contribution < 1.29 is 18.0 Å². The minimum Gasteiger partial charge on any atom is -0.326 e. The highest BCUT2D eigenvalue weighted by molar-refractivity contribution is 7.92. The van der Waals surface area contributed by atoms with Gasteiger partial charge in [0, 0.05) is 28.2 Å². The number of benzene rings is 2. The maximum atomic E-state index is 12.7. The number of rotatable bonds is 9. The molecular formula is C23H25N3O4S2. The summed E-state index contributed by atoms with van der Waals surface area (Å²) in [4.78, 5) is 26.2. The third-order valence-electron chi connectivity index (χ3n) is 4.61. The molecule has 0 aliphatic rings. The molecule has 0 atom stereocenters. The van der Waals surface area contributed by atoms with E-state index in [1.54, 1.807) is 60.7 Å². The van der Waals surface area contributed by atoms with E-state index >= 15 is 0 Å². The first-order valence-corrected chi connectivity index (χ1v) is 12.8. The maximum absolute atomic E-state index is 12.7. The van der Waals surface area contributed by atoms with Gasteiger partial charge in [-0.1, -0.05) is 18.2 Å². The van der Waals surface area contributed by atoms with Crippen LogP contribution in [-0.4, -0.2) is 26.5 Å². The monoisotopic (exact) mass is 471 g/mol. The van der Waals surface area contributed by atoms with Gasteiger partial charge in [-0.15, -0.1) is 11.3 Å². The number of hydrogen-bond donors (Lipinski definition) is 3. The van der Waals surface area contributed by atoms with E-state index in [1.807, 2.05) is 11.4 Å². The maximum Gasteiger partial charge on any atom is 0.255 e. The zero-order chi connectivity index (χ0) is 23.1. The van der Waals surface area contributed by atoms with Gasteiger partial charge in [0.1, 0.15) is 0 Å². The van der Waals surface area contributed by atoms with Crippen molar-refractivity contribution in [2.24, 2.45) is 0 Å². The molecule has 3 N–H and O–H groups in total. The van der Waals surface area contributed by atoms with Gasteiger partial charge in [-0.3, -0.25) is 14.3 Å². The molecule has 0 bridgehead atoms. The summed E-state index contributed by atoms with van der Waals surface area (Å²) in [7, 11) is -3.44. The number of carbonyl (C=O) groups is 2. The van der Waals surface area contributed by atoms with E-state index in [-0.39, 0.29) is 11.8 Å². The summed E-state index contributed by atoms with van der Waals surface area (Å²) in [5.41, 5.74) is 2.50. The molecule has 0 fully saturated rings. The highest BCUT2D eigenvalue weighted by Gasteiger charge is 2.11. The molecule has 1 aromatic heterocycles. The predicted molar refractivity (Wildman–Crippen MR) is 130 cm³/mol. The third-order valence-corrected chi connectivity index (χ3v) is 6.13. The number of carbonyl (C=O) groups excluding carboxylic acids is 2. The Bertz CT molecular complexity index is 1210. The van der Waals surface area contributed by atoms with Gasteiger partial charge in [-0.25, -0.2) is 8.42 Å². The minimum absolute atomic E-state index is 0.103. The lowest BCUT2D eigenvalue weighted by molar-refractivity contribution is -0.116. The van der Waals surface area contributed by atoms with E-state index in [9.17, 15) is 18.0 Å². The quantitative estimate of drug-likeness (QED) is 0.423. The molecule has 0 aliphatic heterocycles. The molecular weight excluding hydrogens is 446 g/mol. The van der Waals surface area contributed by atoms with E-state index in [0.717, 1.165) is 24.7 Å². The average Bonchev–Trinajstić information content (AvgIpc) is 3.23. The summed E-state index contributed by atoms with van der Waals surface area (Å²) in [6.07, 6.45) is 3.08. The molecule has 0 spiro atoms. The van der Waals surface area contributed by atoms with Crippen molar-refractivity contribution in [2.75, 3.05) is 21.6 Å². The number of amides is 2. The molecule has 0 saturated heterocycles. The SMILES string of the molecule is Cc1ccc(NC(=O)c2cccc(NC(=O)CCCc3cccs3)c2)cc1NS(C)(=O)=O. The first-order valence-electron chi connectivity index (χ1n) is 10.0. The largest absolute Gasteiger partial charge is 0.326 e. The van der Waals surface area contributed by atoms with E-state index < -0.39 is 10.0 Å². The van der Waals surface area contributed by atoms with Crippen LogP contribution in [0.1, 0.15) is 33.6 Å². The first kappa shape index (κ1) is 23.5. The zero-order valence-corrected chi connectivity index (χ0v) is 19.5. The van der Waals surface area contributed by atoms with Crippen LogP contribution < -0.4 is 15.4 Å². The van der Waals surface area contributed by atoms with Crippen LogP contribution >= 0.6 is 11.3 Å². The van der Waals surface area contributed by atoms with Crippen LogP contribution in [0.25, 0.3) is 0 Å². The van der Waals surface area contributed by atoms with Crippen LogP contribution in [0.3, 0.4) is 0 Å². The summed E-state index contributed by atoms with van der Waals surface area (Å²) in [5, 5.41) is 7.61. The minimum atomic E-state index is -3.44. The van der Waals surface area contributed by atoms with Gasteiger partial charge in [0.05, 0.1) is 11.9 Å². The molecule has 3 aromatic rings. The molecule has 168 valence electrons. The Balaban J connectivity index is 1.60. The first-order chi connectivity index (χ1) is 15.2. The fourth-order valence-electron chi connectivity index (χ4n) is 3.05. The van der Waals surface area contributed by atoms with E-state index in [1.165, 1.54) is 4.88 Å². The Morgan fingerprint density at radius 1 is 0.969 bits per heavy atom. The number of anilines is 3. The molecule has 9 heteroatoms. The second kappa shape index (κ2) is 10.4. The second-order valence-corrected chi connectivity index (χ2v) is 10.2. The topological polar surface area (TPSA) is 104 Å². The predicted octanol–water partition coefficient (Wildman–Crippen LogP) is 4.64. The molecule has 2 amide bonds. The van der Waals surface area contributed by atoms with Crippen molar-refractivity contribution in [2.45, 2.75) is 26.2 Å². The molecule has 0 unspecified atom stereocenters. The Hall–Kier alpha value is -3.17. The number of hydrogen-bond acceptors (Lipinski definition) is 5. The fourth-order valence-corrected chi connectivity index (χ4v) is 4.42. The summed E-state index contributed by atoms with van der Waals surface area (Å²) < 4.78 is 25.5. The van der Waals surface area contributed by atoms with Gasteiger partial charge >= 0.3 is 0 Å². The van der Waals surface area contributed by atoms with E-state index in [4.69, 9.17) is 0 Å². The van der Waals surface area contributed by atoms with Gasteiger partial charge in [0.2, 0.25) is 15.9 Å². The van der Waals surface area contributed by atoms with Crippen molar-refractivity contribution in [3.05, 3.63) is 76.0 Å². The van der Waals surface area contributed by atoms with Gasteiger partial charge in [-0.2, -0.15) is 0 Å². The fraction of sp³-hybridized carbons (Fsp3) is 0.217. The Morgan fingerprint density at radius 2 is 1.75 bits per heavy atom. The lowest BCUT2D eigenvalue weighted by atomic mass is 10.1. The van der Waals surface area contributed by atoms with Crippen molar-refractivity contribution >= 4 is 50.2 Å². The molecule has 1 heterocycles. The molecule has 0 aliphatic carbocycles. The second-order valence-electron chi connectivity index (χ2n) is 7.42. The van der Waals surface area contributed by atoms with Crippen LogP contribution in [0.15, 0.2) is 60.0 Å². The van der Waals surface area contributed by atoms with Gasteiger partial charge in [0.25, 0.3) is 5.91 Å². The third kappa shape index (κ3) is 7.21. The summed E-state index contributed by atoms with van der Waals surface area (Å²) in [5.74, 6) is -0.470. The molecule has 0 radical (unpaired) electrons. The highest BCUT2D eigenvalue weighted by Crippen LogP contribution is 2.22. The van der Waals surface area contributed by atoms with Gasteiger partial charge < -0.3 is 10.6 Å². The molecule has 0 saturated carbocycles. The smallest absolute Gasteiger partial charge is 0.255 e. The Labute approximate surface area is 191 Å². The summed E-state index contributed by atoms with van der Waals surface area (Å²) in [6.45, 7) is 1.77. The average molecular weight is 472 g/mol. The van der Waals surface area contributed by atoms with Crippen molar-refractivity contribution in [3.8, 4) is 0 Å². The number of nitrogens with one attached hydrogen (secondary N) is 3. The van der Waals surface area contributed by atoms with Crippen molar-refractivity contribution in [1.29, 1.82) is 0 Å². The van der Waals surface area contributed by atoms with Crippen LogP contribution in [-0.2, 0) is 21.2 Å². The highest BCUT2D eigenvalue weighted by atomic mass is 32.2. The van der Waals surface area contributed by atoms with Crippen LogP contribution in [0.4, 0.5) is 17.1 Å². The lowest BCUT2D eigenvalue weighted by Gasteiger charge is -2.12. The van der Waals surface area contributed by atoms with Crippen molar-refractivity contribution in [1.82, 2.24) is 0 Å². The standard InChI is InChI=1S/C23H25N3O4S2/c1-16-11-12-19(15-21(16)26-32(2,29)30)25-23(28)17-6-3-7-18(14-17)24-22(27)10-4-8-20-9-5-13-31-20/h3,5-7,9,11-15,26H,4,8,10H2,1-2H3,(H,24,27)(H,25,28). The molecule has 2 aromatic carbocycles. The van der Waals surface area contributed by atoms with Crippen LogP contribution in [0.5, 0.6) is 0 Å². The summed E-state index contributed by atoms with van der Waals surface area (Å²) >= 11 is 1.68. The lowest BCUT2D eigenvalue weighted by Crippen LogP contribution is -2.15. The van der Waals surface area contributed by atoms with Crippen LogP contribution in [0.2, 0.25) is 0 Å². The Kier molecular flexibility index (Phi) is 7.66. The number of aryl methyl sites for hydroxylation is 2. The normalized spacial score (nSPS) is 11.1. The Morgan fingerprint density at radius 3 is 2.47 bits per heavy atom. The van der Waals surface area contributed by atoms with E-state index in [2.05, 4.69) is 21.4 Å².